The molecule has 1 unspecified atom stereocenters. The van der Waals surface area contributed by atoms with E-state index in [4.69, 9.17) is 0 Å². The lowest BCUT2D eigenvalue weighted by molar-refractivity contribution is 0.486. The average molecular weight is 354 g/mol. The van der Waals surface area contributed by atoms with Crippen LogP contribution in [0.15, 0.2) is 28.7 Å². The third kappa shape index (κ3) is 4.38. The highest BCUT2D eigenvalue weighted by Crippen LogP contribution is 2.21. The highest BCUT2D eigenvalue weighted by Gasteiger charge is 2.10. The Labute approximate surface area is 133 Å². The molecule has 0 aliphatic heterocycles. The zero-order valence-electron chi connectivity index (χ0n) is 12.7. The van der Waals surface area contributed by atoms with Crippen molar-refractivity contribution in [3.63, 3.8) is 0 Å². The summed E-state index contributed by atoms with van der Waals surface area (Å²) in [4.78, 5) is 0. The number of hydrogen-bond donors (Lipinski definition) is 1. The van der Waals surface area contributed by atoms with Crippen LogP contribution in [0.25, 0.3) is 0 Å². The number of nitrogens with zero attached hydrogens (tertiary/aromatic N) is 2. The molecular weight excluding hydrogens is 333 g/mol. The van der Waals surface area contributed by atoms with Crippen molar-refractivity contribution in [1.29, 1.82) is 0 Å². The molecule has 0 spiro atoms. The van der Waals surface area contributed by atoms with E-state index in [1.807, 2.05) is 24.6 Å². The van der Waals surface area contributed by atoms with E-state index in [2.05, 4.69) is 39.3 Å². The molecule has 114 valence electrons. The maximum absolute atomic E-state index is 13.8. The van der Waals surface area contributed by atoms with Gasteiger partial charge in [-0.15, -0.1) is 0 Å². The molecule has 2 rings (SSSR count). The molecule has 1 aromatic carbocycles. The van der Waals surface area contributed by atoms with Gasteiger partial charge in [0.25, 0.3) is 0 Å². The van der Waals surface area contributed by atoms with Crippen LogP contribution in [0.5, 0.6) is 0 Å². The van der Waals surface area contributed by atoms with Crippen LogP contribution < -0.4 is 5.32 Å². The molecule has 1 N–H and O–H groups in total. The summed E-state index contributed by atoms with van der Waals surface area (Å²) in [6.45, 7) is 7.74. The first-order chi connectivity index (χ1) is 9.97. The van der Waals surface area contributed by atoms with Crippen LogP contribution in [-0.2, 0) is 6.54 Å². The molecule has 5 heteroatoms. The number of nitrogens with one attached hydrogen (secondary N) is 1. The van der Waals surface area contributed by atoms with E-state index in [-0.39, 0.29) is 11.9 Å². The second-order valence-corrected chi connectivity index (χ2v) is 6.26. The number of aromatic nitrogens is 2. The van der Waals surface area contributed by atoms with Gasteiger partial charge in [0.15, 0.2) is 0 Å². The van der Waals surface area contributed by atoms with Crippen LogP contribution in [0.1, 0.15) is 36.3 Å². The molecule has 0 amide bonds. The molecule has 0 saturated heterocycles. The fraction of sp³-hybridized carbons (Fsp3) is 0.438. The van der Waals surface area contributed by atoms with Gasteiger partial charge in [0.05, 0.1) is 5.69 Å². The van der Waals surface area contributed by atoms with E-state index in [0.717, 1.165) is 29.7 Å². The first-order valence-corrected chi connectivity index (χ1v) is 7.96. The van der Waals surface area contributed by atoms with Gasteiger partial charge in [0.1, 0.15) is 5.82 Å². The fourth-order valence-corrected chi connectivity index (χ4v) is 2.78. The predicted octanol–water partition coefficient (Wildman–Crippen LogP) is 4.14. The van der Waals surface area contributed by atoms with Crippen molar-refractivity contribution in [1.82, 2.24) is 15.1 Å². The van der Waals surface area contributed by atoms with Crippen molar-refractivity contribution < 1.29 is 4.39 Å². The Morgan fingerprint density at radius 1 is 1.33 bits per heavy atom. The van der Waals surface area contributed by atoms with Gasteiger partial charge < -0.3 is 5.32 Å². The second-order valence-electron chi connectivity index (χ2n) is 5.35. The Kier molecular flexibility index (Phi) is 5.53. The van der Waals surface area contributed by atoms with E-state index in [1.165, 1.54) is 11.8 Å². The SMILES string of the molecule is Cc1cc(C)n(CCCNC(C)c2cc(Br)ccc2F)n1. The van der Waals surface area contributed by atoms with Gasteiger partial charge in [0.2, 0.25) is 0 Å². The van der Waals surface area contributed by atoms with Gasteiger partial charge >= 0.3 is 0 Å². The number of aryl methyl sites for hydroxylation is 3. The Hall–Kier alpha value is -1.20. The molecule has 1 atom stereocenters. The molecule has 21 heavy (non-hydrogen) atoms. The van der Waals surface area contributed by atoms with Crippen molar-refractivity contribution in [2.45, 2.75) is 39.8 Å². The lowest BCUT2D eigenvalue weighted by Gasteiger charge is -2.15. The van der Waals surface area contributed by atoms with Crippen molar-refractivity contribution in [2.75, 3.05) is 6.54 Å². The first-order valence-electron chi connectivity index (χ1n) is 7.17. The number of rotatable bonds is 6. The number of halogens is 2. The second kappa shape index (κ2) is 7.18. The normalized spacial score (nSPS) is 12.6. The standard InChI is InChI=1S/C16H21BrFN3/c1-11-9-12(2)21(20-11)8-4-7-19-13(3)15-10-14(17)5-6-16(15)18/h5-6,9-10,13,19H,4,7-8H2,1-3H3. The minimum atomic E-state index is -0.170. The minimum absolute atomic E-state index is 0.0112. The zero-order valence-corrected chi connectivity index (χ0v) is 14.2. The Morgan fingerprint density at radius 3 is 2.76 bits per heavy atom. The van der Waals surface area contributed by atoms with Crippen LogP contribution in [0.3, 0.4) is 0 Å². The van der Waals surface area contributed by atoms with E-state index >= 15 is 0 Å². The summed E-state index contributed by atoms with van der Waals surface area (Å²) in [7, 11) is 0. The van der Waals surface area contributed by atoms with Crippen LogP contribution >= 0.6 is 15.9 Å². The third-order valence-corrected chi connectivity index (χ3v) is 4.02. The van der Waals surface area contributed by atoms with E-state index in [9.17, 15) is 4.39 Å². The number of hydrogen-bond acceptors (Lipinski definition) is 2. The van der Waals surface area contributed by atoms with Gasteiger partial charge in [-0.3, -0.25) is 4.68 Å². The van der Waals surface area contributed by atoms with E-state index in [0.29, 0.717) is 5.56 Å². The number of benzene rings is 1. The summed E-state index contributed by atoms with van der Waals surface area (Å²) in [5.41, 5.74) is 2.92. The Bertz CT molecular complexity index is 610. The largest absolute Gasteiger partial charge is 0.310 e. The minimum Gasteiger partial charge on any atom is -0.310 e. The molecule has 1 aromatic heterocycles. The molecule has 2 aromatic rings. The first kappa shape index (κ1) is 16.2. The van der Waals surface area contributed by atoms with Gasteiger partial charge in [-0.1, -0.05) is 15.9 Å². The highest BCUT2D eigenvalue weighted by molar-refractivity contribution is 9.10. The summed E-state index contributed by atoms with van der Waals surface area (Å²) in [5, 5.41) is 7.79. The highest BCUT2D eigenvalue weighted by atomic mass is 79.9. The summed E-state index contributed by atoms with van der Waals surface area (Å²) >= 11 is 3.38. The van der Waals surface area contributed by atoms with Gasteiger partial charge in [-0.05, 0) is 58.0 Å². The smallest absolute Gasteiger partial charge is 0.128 e. The summed E-state index contributed by atoms with van der Waals surface area (Å²) in [6.07, 6.45) is 0.960. The lowest BCUT2D eigenvalue weighted by Crippen LogP contribution is -2.22. The Morgan fingerprint density at radius 2 is 2.10 bits per heavy atom. The summed E-state index contributed by atoms with van der Waals surface area (Å²) in [6, 6.07) is 7.10. The van der Waals surface area contributed by atoms with Crippen LogP contribution in [0, 0.1) is 19.7 Å². The summed E-state index contributed by atoms with van der Waals surface area (Å²) < 4.78 is 16.7. The Balaban J connectivity index is 1.83. The monoisotopic (exact) mass is 353 g/mol. The maximum atomic E-state index is 13.8. The quantitative estimate of drug-likeness (QED) is 0.790. The molecule has 0 aliphatic rings. The molecule has 3 nitrogen and oxygen atoms in total. The van der Waals surface area contributed by atoms with Gasteiger partial charge in [-0.2, -0.15) is 5.10 Å². The molecule has 1 heterocycles. The summed E-state index contributed by atoms with van der Waals surface area (Å²) in [5.74, 6) is -0.170. The van der Waals surface area contributed by atoms with Gasteiger partial charge in [-0.25, -0.2) is 4.39 Å². The lowest BCUT2D eigenvalue weighted by atomic mass is 10.1. The predicted molar refractivity (Wildman–Crippen MR) is 86.8 cm³/mol. The molecule has 0 bridgehead atoms. The molecule has 0 saturated carbocycles. The third-order valence-electron chi connectivity index (χ3n) is 3.53. The van der Waals surface area contributed by atoms with Crippen molar-refractivity contribution in [3.8, 4) is 0 Å². The van der Waals surface area contributed by atoms with Crippen molar-refractivity contribution in [3.05, 3.63) is 51.5 Å². The van der Waals surface area contributed by atoms with Crippen LogP contribution in [0.4, 0.5) is 4.39 Å². The van der Waals surface area contributed by atoms with Crippen LogP contribution in [0.2, 0.25) is 0 Å². The molecular formula is C16H21BrFN3. The van der Waals surface area contributed by atoms with Crippen molar-refractivity contribution in [2.24, 2.45) is 0 Å². The van der Waals surface area contributed by atoms with Crippen molar-refractivity contribution >= 4 is 15.9 Å². The molecule has 0 aliphatic carbocycles. The van der Waals surface area contributed by atoms with Crippen LogP contribution in [-0.4, -0.2) is 16.3 Å². The molecule has 0 fully saturated rings. The maximum Gasteiger partial charge on any atom is 0.128 e. The van der Waals surface area contributed by atoms with E-state index < -0.39 is 0 Å². The molecule has 0 radical (unpaired) electrons. The zero-order chi connectivity index (χ0) is 15.4. The fourth-order valence-electron chi connectivity index (χ4n) is 2.41. The average Bonchev–Trinajstić information content (AvgIpc) is 2.75. The topological polar surface area (TPSA) is 29.9 Å². The van der Waals surface area contributed by atoms with Gasteiger partial charge in [0, 0.05) is 28.3 Å². The van der Waals surface area contributed by atoms with E-state index in [1.54, 1.807) is 6.07 Å².